The summed E-state index contributed by atoms with van der Waals surface area (Å²) in [7, 11) is 0. The zero-order valence-corrected chi connectivity index (χ0v) is 44.8. The van der Waals surface area contributed by atoms with Crippen LogP contribution in [0.4, 0.5) is 0 Å². The Kier molecular flexibility index (Phi) is 26.0. The lowest BCUT2D eigenvalue weighted by Gasteiger charge is -2.31. The number of nitrogens with one attached hydrogen (secondary N) is 7. The van der Waals surface area contributed by atoms with E-state index in [-0.39, 0.29) is 44.5 Å². The molecule has 432 valence electrons. The lowest BCUT2D eigenvalue weighted by molar-refractivity contribution is -0.147. The summed E-state index contributed by atoms with van der Waals surface area (Å²) in [4.78, 5) is 173. The Labute approximate surface area is 457 Å². The zero-order valence-electron chi connectivity index (χ0n) is 43.1. The van der Waals surface area contributed by atoms with Crippen LogP contribution in [0.1, 0.15) is 70.8 Å². The Morgan fingerprint density at radius 3 is 1.64 bits per heavy atom. The van der Waals surface area contributed by atoms with E-state index in [9.17, 15) is 82.8 Å². The van der Waals surface area contributed by atoms with Crippen molar-refractivity contribution in [2.45, 2.75) is 132 Å². The molecule has 1 aromatic rings. The fourth-order valence-corrected chi connectivity index (χ4v) is 9.17. The normalized spacial score (nSPS) is 18.1. The van der Waals surface area contributed by atoms with Crippen LogP contribution in [0.3, 0.4) is 0 Å². The highest BCUT2D eigenvalue weighted by atomic mass is 32.2. The molecule has 31 heteroatoms. The lowest BCUT2D eigenvalue weighted by atomic mass is 10.0. The third kappa shape index (κ3) is 19.6. The van der Waals surface area contributed by atoms with Crippen LogP contribution >= 0.6 is 24.4 Å². The van der Waals surface area contributed by atoms with Crippen LogP contribution < -0.4 is 54.4 Å². The number of aliphatic carboxylic acids is 2. The number of carbonyl (C=O) groups is 13. The summed E-state index contributed by atoms with van der Waals surface area (Å²) in [5, 5.41) is 55.6. The van der Waals surface area contributed by atoms with Crippen molar-refractivity contribution >= 4 is 101 Å². The van der Waals surface area contributed by atoms with Gasteiger partial charge in [0.2, 0.25) is 65.0 Å². The summed E-state index contributed by atoms with van der Waals surface area (Å²) < 4.78 is 0. The molecular weight excluding hydrogens is 1070 g/mol. The van der Waals surface area contributed by atoms with Crippen molar-refractivity contribution in [3.05, 3.63) is 29.8 Å². The smallest absolute Gasteiger partial charge is 0.305 e. The van der Waals surface area contributed by atoms with Crippen molar-refractivity contribution in [1.29, 1.82) is 0 Å². The van der Waals surface area contributed by atoms with E-state index in [0.717, 1.165) is 4.90 Å². The highest BCUT2D eigenvalue weighted by molar-refractivity contribution is 7.98. The Morgan fingerprint density at radius 1 is 0.641 bits per heavy atom. The fourth-order valence-electron chi connectivity index (χ4n) is 8.42. The molecule has 11 amide bonds. The summed E-state index contributed by atoms with van der Waals surface area (Å²) in [6.07, 6.45) is -0.530. The molecule has 10 atom stereocenters. The SMILES string of the molecule is CSCC[C@H](N)C(=O)N[C@@H](Cc1ccc(O)cc1)C(=O)N[C@@H](CC(=O)O)C(=O)N[C@@H](CC(=O)O)C(=O)N1CCC[C@H]1C(=O)N[C@@H](CC(N)=O)C(=O)N[C@@H](CS)C(=O)N[C@@H](CO)C(=O)N[C@H](C(=O)N1CCC[C@H]1C(N)=O)C(C)C. The second-order valence-corrected chi connectivity index (χ2v) is 20.2. The van der Waals surface area contributed by atoms with Gasteiger partial charge in [-0.15, -0.1) is 0 Å². The van der Waals surface area contributed by atoms with Crippen LogP contribution in [0.15, 0.2) is 24.3 Å². The van der Waals surface area contributed by atoms with Crippen LogP contribution in [0.5, 0.6) is 5.75 Å². The number of hydrogen-bond donors (Lipinski definition) is 15. The van der Waals surface area contributed by atoms with Gasteiger partial charge in [-0.3, -0.25) is 62.3 Å². The van der Waals surface area contributed by atoms with Gasteiger partial charge in [0, 0.05) is 25.3 Å². The van der Waals surface area contributed by atoms with E-state index in [1.807, 2.05) is 0 Å². The molecule has 2 fully saturated rings. The summed E-state index contributed by atoms with van der Waals surface area (Å²) in [5.74, 6) is -15.1. The van der Waals surface area contributed by atoms with Crippen molar-refractivity contribution < 1.29 is 82.8 Å². The van der Waals surface area contributed by atoms with Gasteiger partial charge in [0.15, 0.2) is 0 Å². The Bertz CT molecular complexity index is 2380. The topological polar surface area (TPSA) is 472 Å². The molecule has 0 aromatic heterocycles. The van der Waals surface area contributed by atoms with Gasteiger partial charge in [0.1, 0.15) is 60.1 Å². The van der Waals surface area contributed by atoms with Gasteiger partial charge in [-0.1, -0.05) is 26.0 Å². The molecule has 17 N–H and O–H groups in total. The van der Waals surface area contributed by atoms with Crippen molar-refractivity contribution in [3.63, 3.8) is 0 Å². The van der Waals surface area contributed by atoms with E-state index >= 15 is 0 Å². The highest BCUT2D eigenvalue weighted by Crippen LogP contribution is 2.22. The Morgan fingerprint density at radius 2 is 1.12 bits per heavy atom. The number of aliphatic hydroxyl groups excluding tert-OH is 1. The second-order valence-electron chi connectivity index (χ2n) is 18.9. The number of likely N-dealkylation sites (tertiary alicyclic amines) is 2. The number of aromatic hydroxyl groups is 1. The number of thiol groups is 1. The minimum absolute atomic E-state index is 0.108. The molecule has 2 saturated heterocycles. The molecular formula is C47H70N12O17S2. The van der Waals surface area contributed by atoms with Gasteiger partial charge >= 0.3 is 11.9 Å². The van der Waals surface area contributed by atoms with Gasteiger partial charge < -0.3 is 84.6 Å². The standard InChI is InChI=1S/C47H70N12O17S2/c1-22(2)37(47(76)58-13-4-6-32(58)38(50)67)57-43(72)30(20-60)55-44(73)31(21-77)56-41(70)27(17-34(49)62)53-45(74)33-7-5-14-59(33)46(75)29(19-36(65)66)54-42(71)28(18-35(63)64)52-40(69)26(16-23-8-10-24(61)11-9-23)51-39(68)25(48)12-15-78-3/h8-11,22,25-33,37,60-61,77H,4-7,12-21,48H2,1-3H3,(H2,49,62)(H2,50,67)(H,51,68)(H,52,69)(H,53,74)(H,54,71)(H,55,73)(H,56,70)(H,57,72)(H,63,64)(H,65,66)/t25-,26-,27-,28-,29-,30-,31-,32-,33-,37-/m0/s1. The summed E-state index contributed by atoms with van der Waals surface area (Å²) in [6.45, 7) is 2.21. The number of thioether (sulfide) groups is 1. The average molecular weight is 1140 g/mol. The number of rotatable bonds is 31. The molecule has 2 aliphatic heterocycles. The number of amides is 11. The van der Waals surface area contributed by atoms with Gasteiger partial charge in [0.25, 0.3) is 0 Å². The minimum Gasteiger partial charge on any atom is -0.508 e. The average Bonchev–Trinajstić information content (AvgIpc) is 4.08. The van der Waals surface area contributed by atoms with Crippen molar-refractivity contribution in [1.82, 2.24) is 47.0 Å². The predicted molar refractivity (Wildman–Crippen MR) is 279 cm³/mol. The number of nitrogens with two attached hydrogens (primary N) is 3. The van der Waals surface area contributed by atoms with Crippen LogP contribution in [0.2, 0.25) is 0 Å². The molecule has 0 spiro atoms. The van der Waals surface area contributed by atoms with Crippen LogP contribution in [-0.4, -0.2) is 205 Å². The maximum Gasteiger partial charge on any atom is 0.305 e. The van der Waals surface area contributed by atoms with Crippen molar-refractivity contribution in [2.24, 2.45) is 23.1 Å². The molecule has 0 bridgehead atoms. The monoisotopic (exact) mass is 1140 g/mol. The summed E-state index contributed by atoms with van der Waals surface area (Å²) >= 11 is 5.51. The summed E-state index contributed by atoms with van der Waals surface area (Å²) in [5.41, 5.74) is 17.3. The second kappa shape index (κ2) is 31.2. The van der Waals surface area contributed by atoms with Crippen LogP contribution in [0, 0.1) is 5.92 Å². The first-order chi connectivity index (χ1) is 36.7. The predicted octanol–water partition coefficient (Wildman–Crippen LogP) is -5.72. The molecule has 0 unspecified atom stereocenters. The third-order valence-electron chi connectivity index (χ3n) is 12.6. The molecule has 2 heterocycles. The number of carboxylic acid groups (broad SMARTS) is 2. The maximum absolute atomic E-state index is 14.1. The minimum atomic E-state index is -2.00. The quantitative estimate of drug-likeness (QED) is 0.0308. The number of benzene rings is 1. The largest absolute Gasteiger partial charge is 0.508 e. The van der Waals surface area contributed by atoms with Gasteiger partial charge in [0.05, 0.1) is 31.9 Å². The van der Waals surface area contributed by atoms with E-state index in [4.69, 9.17) is 17.2 Å². The number of hydrogen-bond acceptors (Lipinski definition) is 18. The van der Waals surface area contributed by atoms with E-state index < -0.39 is 175 Å². The fraction of sp³-hybridized carbons (Fsp3) is 0.596. The zero-order chi connectivity index (χ0) is 58.6. The van der Waals surface area contributed by atoms with Crippen molar-refractivity contribution in [2.75, 3.05) is 37.5 Å². The number of primary amides is 2. The Balaban J connectivity index is 1.78. The van der Waals surface area contributed by atoms with Crippen LogP contribution in [-0.2, 0) is 68.7 Å². The van der Waals surface area contributed by atoms with Crippen molar-refractivity contribution in [3.8, 4) is 5.75 Å². The lowest BCUT2D eigenvalue weighted by Crippen LogP contribution is -2.61. The molecule has 29 nitrogen and oxygen atoms in total. The molecule has 2 aliphatic rings. The summed E-state index contributed by atoms with van der Waals surface area (Å²) in [6, 6.07) is -9.79. The van der Waals surface area contributed by atoms with E-state index in [1.54, 1.807) is 20.1 Å². The Hall–Kier alpha value is -7.25. The van der Waals surface area contributed by atoms with Gasteiger partial charge in [-0.05, 0) is 67.7 Å². The van der Waals surface area contributed by atoms with Gasteiger partial charge in [-0.2, -0.15) is 24.4 Å². The number of nitrogens with zero attached hydrogens (tertiary/aromatic N) is 2. The first kappa shape index (κ1) is 65.0. The number of aliphatic hydroxyl groups is 1. The van der Waals surface area contributed by atoms with Gasteiger partial charge in [-0.25, -0.2) is 0 Å². The van der Waals surface area contributed by atoms with E-state index in [1.165, 1.54) is 40.9 Å². The van der Waals surface area contributed by atoms with E-state index in [2.05, 4.69) is 49.8 Å². The highest BCUT2D eigenvalue weighted by Gasteiger charge is 2.42. The molecule has 0 radical (unpaired) electrons. The third-order valence-corrected chi connectivity index (χ3v) is 13.6. The molecule has 0 aliphatic carbocycles. The first-order valence-corrected chi connectivity index (χ1v) is 26.7. The maximum atomic E-state index is 14.1. The number of carbonyl (C=O) groups excluding carboxylic acids is 11. The number of phenolic OH excluding ortho intramolecular Hbond substituents is 1. The molecule has 3 rings (SSSR count). The number of phenols is 1. The first-order valence-electron chi connectivity index (χ1n) is 24.7. The number of carboxylic acids is 2. The molecule has 78 heavy (non-hydrogen) atoms. The van der Waals surface area contributed by atoms with Crippen LogP contribution in [0.25, 0.3) is 0 Å². The molecule has 1 aromatic carbocycles. The molecule has 0 saturated carbocycles. The van der Waals surface area contributed by atoms with E-state index in [0.29, 0.717) is 24.2 Å².